The van der Waals surface area contributed by atoms with Crippen LogP contribution in [0.3, 0.4) is 0 Å². The molecule has 0 saturated heterocycles. The molecule has 5 rings (SSSR count). The van der Waals surface area contributed by atoms with E-state index in [4.69, 9.17) is 32.0 Å². The SMILES string of the molecule is Clc1ccc2c(c1)oc1cc3c(cc12)oc1cc(Cl)ccc13. The first kappa shape index (κ1) is 12.4. The van der Waals surface area contributed by atoms with E-state index >= 15 is 0 Å². The molecule has 2 aromatic heterocycles. The number of benzene rings is 3. The number of hydrogen-bond donors (Lipinski definition) is 0. The lowest BCUT2D eigenvalue weighted by Gasteiger charge is -1.91. The van der Waals surface area contributed by atoms with Crippen LogP contribution in [0.1, 0.15) is 0 Å². The summed E-state index contributed by atoms with van der Waals surface area (Å²) in [5.41, 5.74) is 3.20. The van der Waals surface area contributed by atoms with E-state index in [1.807, 2.05) is 48.5 Å². The Kier molecular flexibility index (Phi) is 2.36. The maximum Gasteiger partial charge on any atom is 0.136 e. The normalized spacial score (nSPS) is 12.1. The van der Waals surface area contributed by atoms with Crippen LogP contribution in [-0.2, 0) is 0 Å². The zero-order valence-electron chi connectivity index (χ0n) is 11.2. The van der Waals surface area contributed by atoms with Crippen LogP contribution in [0.15, 0.2) is 57.4 Å². The molecular weight excluding hydrogens is 319 g/mol. The highest BCUT2D eigenvalue weighted by molar-refractivity contribution is 6.32. The van der Waals surface area contributed by atoms with E-state index in [0.29, 0.717) is 10.0 Å². The van der Waals surface area contributed by atoms with Gasteiger partial charge in [0.1, 0.15) is 22.3 Å². The monoisotopic (exact) mass is 326 g/mol. The average molecular weight is 327 g/mol. The highest BCUT2D eigenvalue weighted by atomic mass is 35.5. The van der Waals surface area contributed by atoms with E-state index in [0.717, 1.165) is 43.9 Å². The third-order valence-corrected chi connectivity index (χ3v) is 4.46. The van der Waals surface area contributed by atoms with Crippen molar-refractivity contribution >= 4 is 67.1 Å². The first-order valence-corrected chi connectivity index (χ1v) is 7.58. The maximum absolute atomic E-state index is 6.03. The number of halogens is 2. The minimum atomic E-state index is 0.662. The van der Waals surface area contributed by atoms with Crippen molar-refractivity contribution in [3.05, 3.63) is 58.6 Å². The van der Waals surface area contributed by atoms with Crippen molar-refractivity contribution < 1.29 is 8.83 Å². The highest BCUT2D eigenvalue weighted by Crippen LogP contribution is 2.37. The molecular formula is C18H8Cl2O2. The summed E-state index contributed by atoms with van der Waals surface area (Å²) in [5, 5.41) is 5.42. The molecule has 0 N–H and O–H groups in total. The van der Waals surface area contributed by atoms with Crippen molar-refractivity contribution in [2.24, 2.45) is 0 Å². The highest BCUT2D eigenvalue weighted by Gasteiger charge is 2.13. The molecule has 22 heavy (non-hydrogen) atoms. The molecule has 0 bridgehead atoms. The fourth-order valence-corrected chi connectivity index (χ4v) is 3.32. The molecule has 0 spiro atoms. The second kappa shape index (κ2) is 4.19. The molecule has 0 amide bonds. The molecule has 2 heterocycles. The van der Waals surface area contributed by atoms with E-state index in [2.05, 4.69) is 0 Å². The Balaban J connectivity index is 1.97. The van der Waals surface area contributed by atoms with Crippen molar-refractivity contribution in [3.8, 4) is 0 Å². The van der Waals surface area contributed by atoms with Crippen LogP contribution < -0.4 is 0 Å². The van der Waals surface area contributed by atoms with Gasteiger partial charge in [-0.15, -0.1) is 0 Å². The van der Waals surface area contributed by atoms with Crippen molar-refractivity contribution in [1.29, 1.82) is 0 Å². The van der Waals surface area contributed by atoms with Crippen molar-refractivity contribution in [2.75, 3.05) is 0 Å². The van der Waals surface area contributed by atoms with Gasteiger partial charge in [0.2, 0.25) is 0 Å². The van der Waals surface area contributed by atoms with E-state index in [1.54, 1.807) is 0 Å². The van der Waals surface area contributed by atoms with Crippen molar-refractivity contribution in [2.45, 2.75) is 0 Å². The summed E-state index contributed by atoms with van der Waals surface area (Å²) in [7, 11) is 0. The summed E-state index contributed by atoms with van der Waals surface area (Å²) >= 11 is 12.1. The van der Waals surface area contributed by atoms with Crippen LogP contribution in [0, 0.1) is 0 Å². The van der Waals surface area contributed by atoms with Gasteiger partial charge in [0.25, 0.3) is 0 Å². The topological polar surface area (TPSA) is 26.3 Å². The molecule has 5 aromatic rings. The van der Waals surface area contributed by atoms with Gasteiger partial charge >= 0.3 is 0 Å². The molecule has 0 aliphatic rings. The van der Waals surface area contributed by atoms with Gasteiger partial charge in [-0.25, -0.2) is 0 Å². The Labute approximate surface area is 134 Å². The van der Waals surface area contributed by atoms with Crippen LogP contribution in [0.2, 0.25) is 10.0 Å². The third-order valence-electron chi connectivity index (χ3n) is 3.99. The molecule has 0 aliphatic carbocycles. The molecule has 0 radical (unpaired) electrons. The van der Waals surface area contributed by atoms with Crippen molar-refractivity contribution in [1.82, 2.24) is 0 Å². The Morgan fingerprint density at radius 3 is 1.36 bits per heavy atom. The van der Waals surface area contributed by atoms with Gasteiger partial charge in [-0.1, -0.05) is 23.2 Å². The predicted molar refractivity (Wildman–Crippen MR) is 91.0 cm³/mol. The molecule has 0 fully saturated rings. The van der Waals surface area contributed by atoms with E-state index < -0.39 is 0 Å². The molecule has 4 heteroatoms. The lowest BCUT2D eigenvalue weighted by Crippen LogP contribution is -1.69. The van der Waals surface area contributed by atoms with Crippen LogP contribution in [0.25, 0.3) is 43.9 Å². The summed E-state index contributed by atoms with van der Waals surface area (Å²) in [6.07, 6.45) is 0. The van der Waals surface area contributed by atoms with Gasteiger partial charge in [0, 0.05) is 43.7 Å². The van der Waals surface area contributed by atoms with E-state index in [1.165, 1.54) is 0 Å². The second-order valence-corrected chi connectivity index (χ2v) is 6.20. The fourth-order valence-electron chi connectivity index (χ4n) is 2.99. The zero-order chi connectivity index (χ0) is 14.8. The first-order chi connectivity index (χ1) is 10.7. The standard InChI is InChI=1S/C18H8Cl2O2/c19-9-1-3-11-13-7-18-14(8-17(13)21-15(11)5-9)12-4-2-10(20)6-16(12)22-18/h1-8H. The summed E-state index contributed by atoms with van der Waals surface area (Å²) in [5.74, 6) is 0. The Hall–Kier alpha value is -2.16. The number of furan rings is 2. The molecule has 3 aromatic carbocycles. The largest absolute Gasteiger partial charge is 0.456 e. The van der Waals surface area contributed by atoms with E-state index in [9.17, 15) is 0 Å². The molecule has 0 aliphatic heterocycles. The molecule has 106 valence electrons. The first-order valence-electron chi connectivity index (χ1n) is 6.83. The summed E-state index contributed by atoms with van der Waals surface area (Å²) in [4.78, 5) is 0. The van der Waals surface area contributed by atoms with Crippen LogP contribution in [0.4, 0.5) is 0 Å². The minimum absolute atomic E-state index is 0.662. The summed E-state index contributed by atoms with van der Waals surface area (Å²) in [6, 6.07) is 15.3. The predicted octanol–water partition coefficient (Wildman–Crippen LogP) is 6.79. The van der Waals surface area contributed by atoms with Crippen LogP contribution in [-0.4, -0.2) is 0 Å². The molecule has 0 saturated carbocycles. The molecule has 0 unspecified atom stereocenters. The Morgan fingerprint density at radius 1 is 0.500 bits per heavy atom. The molecule has 0 atom stereocenters. The van der Waals surface area contributed by atoms with Gasteiger partial charge in [-0.2, -0.15) is 0 Å². The Morgan fingerprint density at radius 2 is 0.909 bits per heavy atom. The number of rotatable bonds is 0. The average Bonchev–Trinajstić information content (AvgIpc) is 3.00. The van der Waals surface area contributed by atoms with Crippen LogP contribution >= 0.6 is 23.2 Å². The van der Waals surface area contributed by atoms with Gasteiger partial charge in [0.15, 0.2) is 0 Å². The lowest BCUT2D eigenvalue weighted by atomic mass is 10.1. The molecule has 2 nitrogen and oxygen atoms in total. The van der Waals surface area contributed by atoms with Gasteiger partial charge in [-0.3, -0.25) is 0 Å². The van der Waals surface area contributed by atoms with E-state index in [-0.39, 0.29) is 0 Å². The van der Waals surface area contributed by atoms with Gasteiger partial charge < -0.3 is 8.83 Å². The number of fused-ring (bicyclic) bond motifs is 6. The quantitative estimate of drug-likeness (QED) is 0.313. The lowest BCUT2D eigenvalue weighted by molar-refractivity contribution is 0.664. The smallest absolute Gasteiger partial charge is 0.136 e. The summed E-state index contributed by atoms with van der Waals surface area (Å²) in [6.45, 7) is 0. The Bertz CT molecular complexity index is 1100. The zero-order valence-corrected chi connectivity index (χ0v) is 12.7. The van der Waals surface area contributed by atoms with Crippen LogP contribution in [0.5, 0.6) is 0 Å². The fraction of sp³-hybridized carbons (Fsp3) is 0. The second-order valence-electron chi connectivity index (χ2n) is 5.33. The minimum Gasteiger partial charge on any atom is -0.456 e. The summed E-state index contributed by atoms with van der Waals surface area (Å²) < 4.78 is 11.9. The third kappa shape index (κ3) is 1.62. The maximum atomic E-state index is 6.03. The van der Waals surface area contributed by atoms with Crippen molar-refractivity contribution in [3.63, 3.8) is 0 Å². The number of hydrogen-bond acceptors (Lipinski definition) is 2. The van der Waals surface area contributed by atoms with Gasteiger partial charge in [0.05, 0.1) is 0 Å². The van der Waals surface area contributed by atoms with Gasteiger partial charge in [-0.05, 0) is 36.4 Å².